The van der Waals surface area contributed by atoms with Crippen molar-refractivity contribution in [2.45, 2.75) is 32.7 Å². The average molecular weight is 273 g/mol. The second-order valence-electron chi connectivity index (χ2n) is 5.13. The summed E-state index contributed by atoms with van der Waals surface area (Å²) < 4.78 is 15.7. The Hall–Kier alpha value is -2.17. The molecule has 1 aromatic heterocycles. The Bertz CT molecular complexity index is 640. The van der Waals surface area contributed by atoms with Crippen molar-refractivity contribution in [2.24, 2.45) is 0 Å². The first kappa shape index (κ1) is 12.8. The fraction of sp³-hybridized carbons (Fsp3) is 0.333. The van der Waals surface area contributed by atoms with Gasteiger partial charge in [-0.1, -0.05) is 6.07 Å². The topological polar surface area (TPSA) is 46.9 Å². The number of aromatic nitrogens is 2. The van der Waals surface area contributed by atoms with Crippen LogP contribution in [0.3, 0.4) is 0 Å². The second-order valence-corrected chi connectivity index (χ2v) is 5.13. The lowest BCUT2D eigenvalue weighted by Gasteiger charge is -2.11. The maximum absolute atomic E-state index is 13.7. The minimum Gasteiger partial charge on any atom is -0.334 e. The lowest BCUT2D eigenvalue weighted by Crippen LogP contribution is -2.13. The van der Waals surface area contributed by atoms with Crippen LogP contribution in [0.15, 0.2) is 24.4 Å². The highest BCUT2D eigenvalue weighted by Gasteiger charge is 2.17. The van der Waals surface area contributed by atoms with Crippen LogP contribution in [0.25, 0.3) is 0 Å². The molecule has 5 heteroatoms. The van der Waals surface area contributed by atoms with Gasteiger partial charge in [-0.25, -0.2) is 9.37 Å². The molecule has 3 rings (SSSR count). The van der Waals surface area contributed by atoms with Gasteiger partial charge in [0.1, 0.15) is 17.3 Å². The second kappa shape index (κ2) is 5.07. The van der Waals surface area contributed by atoms with Crippen molar-refractivity contribution in [2.75, 3.05) is 5.32 Å². The summed E-state index contributed by atoms with van der Waals surface area (Å²) in [6.45, 7) is 2.70. The van der Waals surface area contributed by atoms with Crippen LogP contribution in [-0.4, -0.2) is 15.5 Å². The number of benzene rings is 1. The number of hydrogen-bond acceptors (Lipinski definition) is 2. The van der Waals surface area contributed by atoms with Crippen LogP contribution in [-0.2, 0) is 13.0 Å². The largest absolute Gasteiger partial charge is 0.334 e. The molecule has 0 atom stereocenters. The van der Waals surface area contributed by atoms with Crippen molar-refractivity contribution < 1.29 is 9.18 Å². The van der Waals surface area contributed by atoms with Crippen LogP contribution in [0.4, 0.5) is 10.1 Å². The molecule has 4 nitrogen and oxygen atoms in total. The molecule has 0 aliphatic carbocycles. The predicted molar refractivity (Wildman–Crippen MR) is 74.3 cm³/mol. The van der Waals surface area contributed by atoms with Gasteiger partial charge in [-0.3, -0.25) is 4.79 Å². The molecule has 0 saturated carbocycles. The van der Waals surface area contributed by atoms with E-state index in [1.165, 1.54) is 6.07 Å². The number of nitrogens with one attached hydrogen (secondary N) is 1. The Morgan fingerprint density at radius 3 is 3.00 bits per heavy atom. The standard InChI is InChI=1S/C15H16FN3O/c1-10-5-6-12(11(16)8-10)18-15(20)13-9-19-7-3-2-4-14(19)17-13/h5-6,8-9H,2-4,7H2,1H3,(H,18,20). The zero-order chi connectivity index (χ0) is 14.1. The van der Waals surface area contributed by atoms with Crippen LogP contribution in [0.2, 0.25) is 0 Å². The van der Waals surface area contributed by atoms with E-state index >= 15 is 0 Å². The summed E-state index contributed by atoms with van der Waals surface area (Å²) in [7, 11) is 0. The van der Waals surface area contributed by atoms with Crippen LogP contribution >= 0.6 is 0 Å². The van der Waals surface area contributed by atoms with Crippen LogP contribution in [0.5, 0.6) is 0 Å². The summed E-state index contributed by atoms with van der Waals surface area (Å²) in [6.07, 6.45) is 4.85. The third kappa shape index (κ3) is 2.43. The average Bonchev–Trinajstić information content (AvgIpc) is 2.86. The summed E-state index contributed by atoms with van der Waals surface area (Å²) in [4.78, 5) is 16.4. The van der Waals surface area contributed by atoms with Crippen molar-refractivity contribution in [1.82, 2.24) is 9.55 Å². The smallest absolute Gasteiger partial charge is 0.275 e. The molecule has 1 amide bonds. The highest BCUT2D eigenvalue weighted by atomic mass is 19.1. The van der Waals surface area contributed by atoms with E-state index in [1.807, 2.05) is 4.57 Å². The van der Waals surface area contributed by atoms with Gasteiger partial charge >= 0.3 is 0 Å². The number of fused-ring (bicyclic) bond motifs is 1. The molecule has 0 bridgehead atoms. The minimum atomic E-state index is -0.428. The summed E-state index contributed by atoms with van der Waals surface area (Å²) in [5, 5.41) is 2.57. The van der Waals surface area contributed by atoms with E-state index in [0.717, 1.165) is 37.2 Å². The number of carbonyl (C=O) groups excluding carboxylic acids is 1. The number of anilines is 1. The first-order chi connectivity index (χ1) is 9.63. The minimum absolute atomic E-state index is 0.187. The Labute approximate surface area is 116 Å². The molecule has 1 aromatic carbocycles. The molecule has 0 spiro atoms. The Morgan fingerprint density at radius 2 is 2.25 bits per heavy atom. The van der Waals surface area contributed by atoms with Crippen molar-refractivity contribution in [1.29, 1.82) is 0 Å². The molecule has 0 unspecified atom stereocenters. The number of amides is 1. The molecule has 1 aliphatic rings. The maximum atomic E-state index is 13.7. The molecule has 0 radical (unpaired) electrons. The lowest BCUT2D eigenvalue weighted by molar-refractivity contribution is 0.102. The van der Waals surface area contributed by atoms with Gasteiger partial charge in [0.2, 0.25) is 0 Å². The number of carbonyl (C=O) groups is 1. The fourth-order valence-electron chi connectivity index (χ4n) is 2.43. The highest BCUT2D eigenvalue weighted by Crippen LogP contribution is 2.18. The summed E-state index contributed by atoms with van der Waals surface area (Å²) in [5.41, 5.74) is 1.35. The highest BCUT2D eigenvalue weighted by molar-refractivity contribution is 6.02. The number of hydrogen-bond donors (Lipinski definition) is 1. The molecule has 0 saturated heterocycles. The summed E-state index contributed by atoms with van der Waals surface area (Å²) in [5.74, 6) is 0.141. The fourth-order valence-corrected chi connectivity index (χ4v) is 2.43. The van der Waals surface area contributed by atoms with E-state index in [0.29, 0.717) is 5.69 Å². The van der Waals surface area contributed by atoms with Gasteiger partial charge in [0.15, 0.2) is 0 Å². The van der Waals surface area contributed by atoms with Gasteiger partial charge < -0.3 is 9.88 Å². The Balaban J connectivity index is 1.80. The molecule has 0 fully saturated rings. The van der Waals surface area contributed by atoms with Crippen LogP contribution in [0, 0.1) is 12.7 Å². The van der Waals surface area contributed by atoms with Gasteiger partial charge in [0.25, 0.3) is 5.91 Å². The molecule has 1 N–H and O–H groups in total. The number of rotatable bonds is 2. The number of aryl methyl sites for hydroxylation is 3. The van der Waals surface area contributed by atoms with Gasteiger partial charge in [0, 0.05) is 19.2 Å². The van der Waals surface area contributed by atoms with E-state index in [9.17, 15) is 9.18 Å². The van der Waals surface area contributed by atoms with Crippen molar-refractivity contribution in [3.05, 3.63) is 47.3 Å². The summed E-state index contributed by atoms with van der Waals surface area (Å²) in [6, 6.07) is 4.73. The third-order valence-electron chi connectivity index (χ3n) is 3.51. The Kier molecular flexibility index (Phi) is 3.26. The quantitative estimate of drug-likeness (QED) is 0.914. The predicted octanol–water partition coefficient (Wildman–Crippen LogP) is 2.92. The summed E-state index contributed by atoms with van der Waals surface area (Å²) >= 11 is 0. The van der Waals surface area contributed by atoms with Gasteiger partial charge in [-0.05, 0) is 37.5 Å². The number of halogens is 1. The SMILES string of the molecule is Cc1ccc(NC(=O)c2cn3c(n2)CCCC3)c(F)c1. The van der Waals surface area contributed by atoms with Gasteiger partial charge in [-0.15, -0.1) is 0 Å². The molecular formula is C15H16FN3O. The van der Waals surface area contributed by atoms with Crippen molar-refractivity contribution in [3.8, 4) is 0 Å². The zero-order valence-corrected chi connectivity index (χ0v) is 11.3. The molecule has 20 heavy (non-hydrogen) atoms. The van der Waals surface area contributed by atoms with E-state index in [2.05, 4.69) is 10.3 Å². The van der Waals surface area contributed by atoms with Gasteiger partial charge in [-0.2, -0.15) is 0 Å². The van der Waals surface area contributed by atoms with E-state index in [1.54, 1.807) is 25.3 Å². The number of imidazole rings is 1. The lowest BCUT2D eigenvalue weighted by atomic mass is 10.2. The van der Waals surface area contributed by atoms with Gasteiger partial charge in [0.05, 0.1) is 5.69 Å². The number of nitrogens with zero attached hydrogens (tertiary/aromatic N) is 2. The Morgan fingerprint density at radius 1 is 1.40 bits per heavy atom. The normalized spacial score (nSPS) is 13.9. The van der Waals surface area contributed by atoms with Crippen LogP contribution in [0.1, 0.15) is 34.7 Å². The molecule has 104 valence electrons. The maximum Gasteiger partial charge on any atom is 0.275 e. The zero-order valence-electron chi connectivity index (χ0n) is 11.3. The molecule has 2 heterocycles. The van der Waals surface area contributed by atoms with E-state index in [-0.39, 0.29) is 11.6 Å². The van der Waals surface area contributed by atoms with E-state index < -0.39 is 5.82 Å². The third-order valence-corrected chi connectivity index (χ3v) is 3.51. The molecule has 2 aromatic rings. The molecule has 1 aliphatic heterocycles. The molecular weight excluding hydrogens is 257 g/mol. The van der Waals surface area contributed by atoms with Crippen LogP contribution < -0.4 is 5.32 Å². The van der Waals surface area contributed by atoms with Crippen molar-refractivity contribution >= 4 is 11.6 Å². The first-order valence-electron chi connectivity index (χ1n) is 6.77. The van der Waals surface area contributed by atoms with E-state index in [4.69, 9.17) is 0 Å². The van der Waals surface area contributed by atoms with Crippen molar-refractivity contribution in [3.63, 3.8) is 0 Å². The first-order valence-corrected chi connectivity index (χ1v) is 6.77. The monoisotopic (exact) mass is 273 g/mol.